The largest absolute Gasteiger partial charge is 0.387 e. The van der Waals surface area contributed by atoms with Crippen LogP contribution in [0.25, 0.3) is 0 Å². The molecule has 0 saturated heterocycles. The highest BCUT2D eigenvalue weighted by molar-refractivity contribution is 5.94. The van der Waals surface area contributed by atoms with Crippen molar-refractivity contribution >= 4 is 5.91 Å². The Kier molecular flexibility index (Phi) is 4.69. The van der Waals surface area contributed by atoms with Crippen LogP contribution in [-0.2, 0) is 13.0 Å². The van der Waals surface area contributed by atoms with E-state index in [0.717, 1.165) is 29.7 Å². The summed E-state index contributed by atoms with van der Waals surface area (Å²) in [5.41, 5.74) is 4.51. The topological polar surface area (TPSA) is 74.2 Å². The van der Waals surface area contributed by atoms with Crippen molar-refractivity contribution in [3.63, 3.8) is 0 Å². The highest BCUT2D eigenvalue weighted by Crippen LogP contribution is 2.17. The number of rotatable bonds is 4. The fourth-order valence-corrected chi connectivity index (χ4v) is 2.78. The minimum Gasteiger partial charge on any atom is -0.387 e. The van der Waals surface area contributed by atoms with E-state index in [1.807, 2.05) is 37.3 Å². The van der Waals surface area contributed by atoms with Crippen molar-refractivity contribution in [2.45, 2.75) is 26.0 Å². The van der Waals surface area contributed by atoms with E-state index >= 15 is 0 Å². The van der Waals surface area contributed by atoms with Crippen LogP contribution in [0.3, 0.4) is 0 Å². The highest BCUT2D eigenvalue weighted by atomic mass is 16.3. The minimum absolute atomic E-state index is 0.167. The molecule has 2 aromatic rings. The van der Waals surface area contributed by atoms with Gasteiger partial charge in [-0.2, -0.15) is 0 Å². The summed E-state index contributed by atoms with van der Waals surface area (Å²) < 4.78 is 0. The average molecular weight is 311 g/mol. The molecule has 3 rings (SSSR count). The maximum Gasteiger partial charge on any atom is 0.270 e. The van der Waals surface area contributed by atoms with Gasteiger partial charge in [0.05, 0.1) is 6.10 Å². The molecule has 1 atom stereocenters. The lowest BCUT2D eigenvalue weighted by Gasteiger charge is -2.19. The number of nitrogens with zero attached hydrogens (tertiary/aromatic N) is 1. The smallest absolute Gasteiger partial charge is 0.270 e. The second-order valence-corrected chi connectivity index (χ2v) is 5.86. The third-order valence-corrected chi connectivity index (χ3v) is 4.16. The Morgan fingerprint density at radius 1 is 1.35 bits per heavy atom. The van der Waals surface area contributed by atoms with E-state index in [0.29, 0.717) is 12.2 Å². The zero-order valence-corrected chi connectivity index (χ0v) is 13.2. The van der Waals surface area contributed by atoms with Crippen LogP contribution in [-0.4, -0.2) is 29.1 Å². The van der Waals surface area contributed by atoms with E-state index in [1.165, 1.54) is 5.56 Å². The Hall–Kier alpha value is -2.24. The van der Waals surface area contributed by atoms with Gasteiger partial charge < -0.3 is 15.7 Å². The van der Waals surface area contributed by atoms with Crippen molar-refractivity contribution in [1.82, 2.24) is 15.6 Å². The van der Waals surface area contributed by atoms with E-state index in [4.69, 9.17) is 0 Å². The van der Waals surface area contributed by atoms with Crippen molar-refractivity contribution < 1.29 is 9.90 Å². The maximum atomic E-state index is 12.4. The third-order valence-electron chi connectivity index (χ3n) is 4.16. The first kappa shape index (κ1) is 15.6. The molecular weight excluding hydrogens is 290 g/mol. The summed E-state index contributed by atoms with van der Waals surface area (Å²) in [6, 6.07) is 9.61. The molecule has 0 radical (unpaired) electrons. The summed E-state index contributed by atoms with van der Waals surface area (Å²) in [5.74, 6) is -0.239. The van der Waals surface area contributed by atoms with E-state index in [9.17, 15) is 9.90 Å². The van der Waals surface area contributed by atoms with Gasteiger partial charge in [0.2, 0.25) is 0 Å². The lowest BCUT2D eigenvalue weighted by atomic mass is 10.00. The SMILES string of the molecule is Cc1ccc([C@@H](O)CNC(=O)c2nccc3c2CNCC3)cc1. The van der Waals surface area contributed by atoms with Crippen molar-refractivity contribution in [2.75, 3.05) is 13.1 Å². The van der Waals surface area contributed by atoms with Crippen molar-refractivity contribution in [2.24, 2.45) is 0 Å². The summed E-state index contributed by atoms with van der Waals surface area (Å²) in [5, 5.41) is 16.2. The number of aliphatic hydroxyl groups is 1. The molecule has 0 unspecified atom stereocenters. The van der Waals surface area contributed by atoms with Gasteiger partial charge in [-0.15, -0.1) is 0 Å². The lowest BCUT2D eigenvalue weighted by Crippen LogP contribution is -2.32. The van der Waals surface area contributed by atoms with Gasteiger partial charge in [0.15, 0.2) is 0 Å². The normalized spacial score (nSPS) is 14.9. The Labute approximate surface area is 135 Å². The Morgan fingerprint density at radius 3 is 2.91 bits per heavy atom. The molecule has 3 N–H and O–H groups in total. The number of carbonyl (C=O) groups is 1. The molecule has 23 heavy (non-hydrogen) atoms. The number of pyridine rings is 1. The van der Waals surface area contributed by atoms with Crippen LogP contribution in [0.1, 0.15) is 38.8 Å². The first-order valence-corrected chi connectivity index (χ1v) is 7.85. The van der Waals surface area contributed by atoms with Gasteiger partial charge in [0.25, 0.3) is 5.91 Å². The molecule has 5 nitrogen and oxygen atoms in total. The fraction of sp³-hybridized carbons (Fsp3) is 0.333. The molecule has 1 aromatic heterocycles. The number of carbonyl (C=O) groups excluding carboxylic acids is 1. The fourth-order valence-electron chi connectivity index (χ4n) is 2.78. The molecule has 1 aliphatic heterocycles. The molecule has 0 spiro atoms. The van der Waals surface area contributed by atoms with Crippen molar-refractivity contribution in [1.29, 1.82) is 0 Å². The summed E-state index contributed by atoms with van der Waals surface area (Å²) >= 11 is 0. The first-order valence-electron chi connectivity index (χ1n) is 7.85. The molecule has 1 aromatic carbocycles. The molecular formula is C18H21N3O2. The van der Waals surface area contributed by atoms with Gasteiger partial charge in [-0.3, -0.25) is 9.78 Å². The predicted molar refractivity (Wildman–Crippen MR) is 88.1 cm³/mol. The Bertz CT molecular complexity index is 698. The predicted octanol–water partition coefficient (Wildman–Crippen LogP) is 1.50. The number of aliphatic hydroxyl groups excluding tert-OH is 1. The third kappa shape index (κ3) is 3.57. The molecule has 5 heteroatoms. The Balaban J connectivity index is 1.67. The quantitative estimate of drug-likeness (QED) is 0.800. The van der Waals surface area contributed by atoms with Crippen molar-refractivity contribution in [3.8, 4) is 0 Å². The second kappa shape index (κ2) is 6.89. The summed E-state index contributed by atoms with van der Waals surface area (Å²) in [4.78, 5) is 16.6. The van der Waals surface area contributed by atoms with Crippen LogP contribution in [0.5, 0.6) is 0 Å². The number of hydrogen-bond acceptors (Lipinski definition) is 4. The van der Waals surface area contributed by atoms with Crippen LogP contribution in [0.4, 0.5) is 0 Å². The first-order chi connectivity index (χ1) is 11.1. The van der Waals surface area contributed by atoms with E-state index < -0.39 is 6.10 Å². The summed E-state index contributed by atoms with van der Waals surface area (Å²) in [6.45, 7) is 3.74. The van der Waals surface area contributed by atoms with Gasteiger partial charge in [-0.05, 0) is 37.1 Å². The number of hydrogen-bond donors (Lipinski definition) is 3. The van der Waals surface area contributed by atoms with E-state index in [2.05, 4.69) is 15.6 Å². The zero-order valence-electron chi connectivity index (χ0n) is 13.2. The standard InChI is InChI=1S/C18H21N3O2/c1-12-2-4-14(5-3-12)16(22)11-21-18(23)17-15-10-19-8-6-13(15)7-9-20-17/h2-5,7,9,16,19,22H,6,8,10-11H2,1H3,(H,21,23)/t16-/m0/s1. The summed E-state index contributed by atoms with van der Waals surface area (Å²) in [7, 11) is 0. The van der Waals surface area contributed by atoms with Crippen LogP contribution >= 0.6 is 0 Å². The average Bonchev–Trinajstić information content (AvgIpc) is 2.59. The molecule has 0 aliphatic carbocycles. The monoisotopic (exact) mass is 311 g/mol. The van der Waals surface area contributed by atoms with Crippen LogP contribution < -0.4 is 10.6 Å². The molecule has 1 amide bonds. The zero-order chi connectivity index (χ0) is 16.2. The van der Waals surface area contributed by atoms with Crippen LogP contribution in [0, 0.1) is 6.92 Å². The van der Waals surface area contributed by atoms with Gasteiger partial charge >= 0.3 is 0 Å². The van der Waals surface area contributed by atoms with E-state index in [1.54, 1.807) is 6.20 Å². The molecule has 120 valence electrons. The highest BCUT2D eigenvalue weighted by Gasteiger charge is 2.19. The Morgan fingerprint density at radius 2 is 2.13 bits per heavy atom. The van der Waals surface area contributed by atoms with E-state index in [-0.39, 0.29) is 12.5 Å². The van der Waals surface area contributed by atoms with Gasteiger partial charge in [0.1, 0.15) is 5.69 Å². The summed E-state index contributed by atoms with van der Waals surface area (Å²) in [6.07, 6.45) is 1.86. The van der Waals surface area contributed by atoms with Crippen molar-refractivity contribution in [3.05, 3.63) is 64.5 Å². The van der Waals surface area contributed by atoms with Gasteiger partial charge in [-0.1, -0.05) is 29.8 Å². The van der Waals surface area contributed by atoms with Crippen LogP contribution in [0.2, 0.25) is 0 Å². The number of aryl methyl sites for hydroxylation is 1. The second-order valence-electron chi connectivity index (χ2n) is 5.86. The molecule has 0 fully saturated rings. The number of aromatic nitrogens is 1. The molecule has 1 aliphatic rings. The number of nitrogens with one attached hydrogen (secondary N) is 2. The van der Waals surface area contributed by atoms with Gasteiger partial charge in [0, 0.05) is 24.8 Å². The molecule has 2 heterocycles. The minimum atomic E-state index is -0.725. The maximum absolute atomic E-state index is 12.4. The number of amides is 1. The molecule has 0 bridgehead atoms. The number of benzene rings is 1. The lowest BCUT2D eigenvalue weighted by molar-refractivity contribution is 0.0910. The van der Waals surface area contributed by atoms with Crippen LogP contribution in [0.15, 0.2) is 36.5 Å². The molecule has 0 saturated carbocycles. The number of fused-ring (bicyclic) bond motifs is 1. The van der Waals surface area contributed by atoms with Gasteiger partial charge in [-0.25, -0.2) is 0 Å².